The van der Waals surface area contributed by atoms with Crippen molar-refractivity contribution in [1.82, 2.24) is 0 Å². The third-order valence-electron chi connectivity index (χ3n) is 3.90. The van der Waals surface area contributed by atoms with Crippen LogP contribution in [0.2, 0.25) is 0 Å². The molecule has 112 valence electrons. The van der Waals surface area contributed by atoms with Gasteiger partial charge in [-0.25, -0.2) is 0 Å². The molecule has 0 amide bonds. The average molecular weight is 287 g/mol. The van der Waals surface area contributed by atoms with E-state index in [1.165, 1.54) is 0 Å². The summed E-state index contributed by atoms with van der Waals surface area (Å²) in [6, 6.07) is 5.49. The number of methoxy groups -OCH3 is 1. The summed E-state index contributed by atoms with van der Waals surface area (Å²) >= 11 is 0. The van der Waals surface area contributed by atoms with E-state index in [2.05, 4.69) is 5.32 Å². The largest absolute Gasteiger partial charge is 0.496 e. The van der Waals surface area contributed by atoms with E-state index in [0.717, 1.165) is 23.4 Å². The number of aryl methyl sites for hydroxylation is 1. The molecule has 0 aromatic heterocycles. The van der Waals surface area contributed by atoms with Gasteiger partial charge < -0.3 is 10.1 Å². The Kier molecular flexibility index (Phi) is 4.45. The monoisotopic (exact) mass is 287 g/mol. The van der Waals surface area contributed by atoms with Crippen LogP contribution in [0.5, 0.6) is 5.75 Å². The number of anilines is 1. The Hall–Kier alpha value is -1.39. The molecule has 0 aliphatic heterocycles. The highest BCUT2D eigenvalue weighted by Gasteiger charge is 2.42. The summed E-state index contributed by atoms with van der Waals surface area (Å²) in [5, 5.41) is 3.22. The third-order valence-corrected chi connectivity index (χ3v) is 3.90. The standard InChI is InChI=1S/C15H20F3NO/c1-10-8-13(6-7-14(10)20-2)19-12-5-3-4-11(9-12)15(16,17)18/h6-8,11-12,19H,3-5,9H2,1-2H3. The lowest BCUT2D eigenvalue weighted by Gasteiger charge is -2.31. The highest BCUT2D eigenvalue weighted by molar-refractivity contribution is 5.51. The Morgan fingerprint density at radius 2 is 2.00 bits per heavy atom. The molecule has 20 heavy (non-hydrogen) atoms. The molecule has 2 rings (SSSR count). The lowest BCUT2D eigenvalue weighted by molar-refractivity contribution is -0.182. The zero-order valence-corrected chi connectivity index (χ0v) is 11.8. The average Bonchev–Trinajstić information content (AvgIpc) is 2.38. The molecular formula is C15H20F3NO. The molecule has 1 saturated carbocycles. The molecule has 0 radical (unpaired) electrons. The summed E-state index contributed by atoms with van der Waals surface area (Å²) in [6.07, 6.45) is -2.25. The fraction of sp³-hybridized carbons (Fsp3) is 0.600. The van der Waals surface area contributed by atoms with E-state index < -0.39 is 12.1 Å². The summed E-state index contributed by atoms with van der Waals surface area (Å²) < 4.78 is 43.5. The Morgan fingerprint density at radius 1 is 1.25 bits per heavy atom. The summed E-state index contributed by atoms with van der Waals surface area (Å²) in [4.78, 5) is 0. The Morgan fingerprint density at radius 3 is 2.60 bits per heavy atom. The predicted molar refractivity (Wildman–Crippen MR) is 73.2 cm³/mol. The maximum atomic E-state index is 12.8. The maximum absolute atomic E-state index is 12.8. The van der Waals surface area contributed by atoms with Gasteiger partial charge in [0.1, 0.15) is 5.75 Å². The molecule has 5 heteroatoms. The Balaban J connectivity index is 2.01. The molecular weight excluding hydrogens is 267 g/mol. The predicted octanol–water partition coefficient (Wildman–Crippen LogP) is 4.54. The molecule has 1 N–H and O–H groups in total. The van der Waals surface area contributed by atoms with Crippen LogP contribution in [0.15, 0.2) is 18.2 Å². The van der Waals surface area contributed by atoms with Crippen LogP contribution >= 0.6 is 0 Å². The van der Waals surface area contributed by atoms with Crippen molar-refractivity contribution in [1.29, 1.82) is 0 Å². The lowest BCUT2D eigenvalue weighted by Crippen LogP contribution is -2.34. The number of halogens is 3. The number of benzene rings is 1. The topological polar surface area (TPSA) is 21.3 Å². The molecule has 2 unspecified atom stereocenters. The van der Waals surface area contributed by atoms with E-state index >= 15 is 0 Å². The van der Waals surface area contributed by atoms with Crippen molar-refractivity contribution in [3.05, 3.63) is 23.8 Å². The van der Waals surface area contributed by atoms with Crippen LogP contribution in [-0.4, -0.2) is 19.3 Å². The highest BCUT2D eigenvalue weighted by atomic mass is 19.4. The molecule has 1 aliphatic rings. The van der Waals surface area contributed by atoms with Crippen LogP contribution in [0.25, 0.3) is 0 Å². The van der Waals surface area contributed by atoms with Gasteiger partial charge in [-0.3, -0.25) is 0 Å². The van der Waals surface area contributed by atoms with E-state index in [0.29, 0.717) is 6.42 Å². The first-order valence-electron chi connectivity index (χ1n) is 6.88. The second-order valence-corrected chi connectivity index (χ2v) is 5.43. The van der Waals surface area contributed by atoms with Gasteiger partial charge >= 0.3 is 6.18 Å². The minimum atomic E-state index is -4.07. The number of ether oxygens (including phenoxy) is 1. The zero-order valence-electron chi connectivity index (χ0n) is 11.8. The summed E-state index contributed by atoms with van der Waals surface area (Å²) in [5.41, 5.74) is 1.83. The number of rotatable bonds is 3. The van der Waals surface area contributed by atoms with E-state index in [4.69, 9.17) is 4.74 Å². The van der Waals surface area contributed by atoms with Gasteiger partial charge in [0.05, 0.1) is 13.0 Å². The molecule has 1 aromatic rings. The SMILES string of the molecule is COc1ccc(NC2CCCC(C(F)(F)F)C2)cc1C. The Labute approximate surface area is 117 Å². The van der Waals surface area contributed by atoms with E-state index in [1.807, 2.05) is 25.1 Å². The van der Waals surface area contributed by atoms with Gasteiger partial charge in [0.2, 0.25) is 0 Å². The van der Waals surface area contributed by atoms with Crippen LogP contribution in [0.1, 0.15) is 31.2 Å². The quantitative estimate of drug-likeness (QED) is 0.881. The zero-order chi connectivity index (χ0) is 14.8. The van der Waals surface area contributed by atoms with Gasteiger partial charge in [-0.15, -0.1) is 0 Å². The summed E-state index contributed by atoms with van der Waals surface area (Å²) in [7, 11) is 1.60. The third kappa shape index (κ3) is 3.58. The molecule has 0 saturated heterocycles. The first-order valence-corrected chi connectivity index (χ1v) is 6.88. The van der Waals surface area contributed by atoms with Crippen molar-refractivity contribution in [2.45, 2.75) is 44.8 Å². The molecule has 2 nitrogen and oxygen atoms in total. The minimum absolute atomic E-state index is 0.108. The lowest BCUT2D eigenvalue weighted by atomic mass is 9.85. The molecule has 1 fully saturated rings. The van der Waals surface area contributed by atoms with Crippen molar-refractivity contribution in [2.75, 3.05) is 12.4 Å². The number of nitrogens with one attached hydrogen (secondary N) is 1. The first kappa shape index (κ1) is 15.0. The second-order valence-electron chi connectivity index (χ2n) is 5.43. The molecule has 0 spiro atoms. The fourth-order valence-electron chi connectivity index (χ4n) is 2.82. The van der Waals surface area contributed by atoms with Crippen molar-refractivity contribution >= 4 is 5.69 Å². The van der Waals surface area contributed by atoms with Crippen LogP contribution in [0.3, 0.4) is 0 Å². The maximum Gasteiger partial charge on any atom is 0.391 e. The van der Waals surface area contributed by atoms with E-state index in [9.17, 15) is 13.2 Å². The molecule has 2 atom stereocenters. The van der Waals surface area contributed by atoms with E-state index in [1.54, 1.807) is 7.11 Å². The van der Waals surface area contributed by atoms with Crippen molar-refractivity contribution in [3.8, 4) is 5.75 Å². The Bertz CT molecular complexity index is 459. The van der Waals surface area contributed by atoms with Crippen LogP contribution in [0, 0.1) is 12.8 Å². The van der Waals surface area contributed by atoms with Gasteiger partial charge in [0, 0.05) is 11.7 Å². The second kappa shape index (κ2) is 5.94. The van der Waals surface area contributed by atoms with Crippen LogP contribution in [0.4, 0.5) is 18.9 Å². The first-order chi connectivity index (χ1) is 9.40. The van der Waals surface area contributed by atoms with Crippen LogP contribution < -0.4 is 10.1 Å². The van der Waals surface area contributed by atoms with Gasteiger partial charge in [0.25, 0.3) is 0 Å². The van der Waals surface area contributed by atoms with Gasteiger partial charge in [-0.05, 0) is 49.9 Å². The number of alkyl halides is 3. The van der Waals surface area contributed by atoms with Gasteiger partial charge in [-0.2, -0.15) is 13.2 Å². The molecule has 0 bridgehead atoms. The molecule has 0 heterocycles. The summed E-state index contributed by atoms with van der Waals surface area (Å²) in [6.45, 7) is 1.92. The van der Waals surface area contributed by atoms with Crippen molar-refractivity contribution < 1.29 is 17.9 Å². The van der Waals surface area contributed by atoms with Crippen molar-refractivity contribution in [3.63, 3.8) is 0 Å². The van der Waals surface area contributed by atoms with Crippen LogP contribution in [-0.2, 0) is 0 Å². The minimum Gasteiger partial charge on any atom is -0.496 e. The van der Waals surface area contributed by atoms with Gasteiger partial charge in [0.15, 0.2) is 0 Å². The number of hydrogen-bond acceptors (Lipinski definition) is 2. The van der Waals surface area contributed by atoms with E-state index in [-0.39, 0.29) is 18.9 Å². The summed E-state index contributed by atoms with van der Waals surface area (Å²) in [5.74, 6) is -0.388. The van der Waals surface area contributed by atoms with Crippen molar-refractivity contribution in [2.24, 2.45) is 5.92 Å². The smallest absolute Gasteiger partial charge is 0.391 e. The fourth-order valence-corrected chi connectivity index (χ4v) is 2.82. The van der Waals surface area contributed by atoms with Gasteiger partial charge in [-0.1, -0.05) is 6.42 Å². The number of hydrogen-bond donors (Lipinski definition) is 1. The normalized spacial score (nSPS) is 23.4. The highest BCUT2D eigenvalue weighted by Crippen LogP contribution is 2.38. The molecule has 1 aliphatic carbocycles. The molecule has 1 aromatic carbocycles.